The molecule has 2 N–H and O–H groups in total. The summed E-state index contributed by atoms with van der Waals surface area (Å²) < 4.78 is 5.53. The first kappa shape index (κ1) is 13.4. The molecule has 0 aromatic heterocycles. The van der Waals surface area contributed by atoms with Gasteiger partial charge in [0.2, 0.25) is 0 Å². The second kappa shape index (κ2) is 5.31. The first-order valence-corrected chi connectivity index (χ1v) is 6.96. The van der Waals surface area contributed by atoms with Crippen molar-refractivity contribution in [1.82, 2.24) is 0 Å². The average Bonchev–Trinajstić information content (AvgIpc) is 2.71. The predicted molar refractivity (Wildman–Crippen MR) is 76.0 cm³/mol. The zero-order valence-electron chi connectivity index (χ0n) is 11.8. The third kappa shape index (κ3) is 3.49. The van der Waals surface area contributed by atoms with Gasteiger partial charge in [0.05, 0.1) is 6.61 Å². The maximum atomic E-state index is 5.90. The van der Waals surface area contributed by atoms with Crippen molar-refractivity contribution in [1.29, 1.82) is 0 Å². The molecule has 1 aliphatic rings. The van der Waals surface area contributed by atoms with Crippen molar-refractivity contribution in [3.63, 3.8) is 0 Å². The Morgan fingerprint density at radius 3 is 2.89 bits per heavy atom. The van der Waals surface area contributed by atoms with Gasteiger partial charge < -0.3 is 10.5 Å². The molecule has 2 rings (SSSR count). The molecular weight excluding hydrogens is 222 g/mol. The lowest BCUT2D eigenvalue weighted by atomic mass is 9.81. The zero-order valence-corrected chi connectivity index (χ0v) is 11.8. The van der Waals surface area contributed by atoms with Crippen molar-refractivity contribution in [3.8, 4) is 5.75 Å². The van der Waals surface area contributed by atoms with Crippen LogP contribution in [0.15, 0.2) is 18.2 Å². The van der Waals surface area contributed by atoms with E-state index in [2.05, 4.69) is 39.0 Å². The van der Waals surface area contributed by atoms with E-state index in [9.17, 15) is 0 Å². The van der Waals surface area contributed by atoms with Crippen LogP contribution in [0.25, 0.3) is 0 Å². The molecule has 0 amide bonds. The molecule has 1 aliphatic heterocycles. The minimum atomic E-state index is 0.286. The van der Waals surface area contributed by atoms with E-state index in [1.807, 2.05) is 0 Å². The molecule has 0 radical (unpaired) electrons. The fourth-order valence-electron chi connectivity index (χ4n) is 2.85. The summed E-state index contributed by atoms with van der Waals surface area (Å²) >= 11 is 0. The smallest absolute Gasteiger partial charge is 0.122 e. The average molecular weight is 247 g/mol. The molecule has 0 fully saturated rings. The van der Waals surface area contributed by atoms with Gasteiger partial charge in [-0.05, 0) is 48.8 Å². The van der Waals surface area contributed by atoms with Crippen LogP contribution in [0.2, 0.25) is 0 Å². The molecule has 1 aromatic carbocycles. The Morgan fingerprint density at radius 2 is 2.17 bits per heavy atom. The number of ether oxygens (including phenoxy) is 1. The number of benzene rings is 1. The van der Waals surface area contributed by atoms with Gasteiger partial charge in [0, 0.05) is 12.5 Å². The fraction of sp³-hybridized carbons (Fsp3) is 0.625. The third-order valence-corrected chi connectivity index (χ3v) is 3.72. The number of hydrogen-bond donors (Lipinski definition) is 1. The van der Waals surface area contributed by atoms with Gasteiger partial charge in [-0.2, -0.15) is 0 Å². The molecule has 0 saturated carbocycles. The maximum absolute atomic E-state index is 5.90. The zero-order chi connectivity index (χ0) is 13.2. The summed E-state index contributed by atoms with van der Waals surface area (Å²) in [5.74, 6) is 1.08. The van der Waals surface area contributed by atoms with Gasteiger partial charge in [-0.15, -0.1) is 0 Å². The Bertz CT molecular complexity index is 410. The fourth-order valence-corrected chi connectivity index (χ4v) is 2.85. The minimum absolute atomic E-state index is 0.286. The van der Waals surface area contributed by atoms with E-state index in [1.165, 1.54) is 17.5 Å². The molecular formula is C16H25NO. The first-order chi connectivity index (χ1) is 8.46. The standard InChI is InChI=1S/C16H25NO/c1-12(17)11-16(2,3)8-6-13-4-5-15-14(10-13)7-9-18-15/h4-5,10,12H,6-9,11,17H2,1-3H3. The van der Waals surface area contributed by atoms with E-state index < -0.39 is 0 Å². The molecule has 2 nitrogen and oxygen atoms in total. The second-order valence-electron chi connectivity index (χ2n) is 6.39. The van der Waals surface area contributed by atoms with E-state index in [-0.39, 0.29) is 6.04 Å². The summed E-state index contributed by atoms with van der Waals surface area (Å²) in [6, 6.07) is 6.92. The highest BCUT2D eigenvalue weighted by atomic mass is 16.5. The minimum Gasteiger partial charge on any atom is -0.493 e. The molecule has 0 aliphatic carbocycles. The Labute approximate surface area is 111 Å². The van der Waals surface area contributed by atoms with Crippen LogP contribution < -0.4 is 10.5 Å². The van der Waals surface area contributed by atoms with E-state index in [1.54, 1.807) is 0 Å². The van der Waals surface area contributed by atoms with E-state index >= 15 is 0 Å². The molecule has 18 heavy (non-hydrogen) atoms. The van der Waals surface area contributed by atoms with Crippen LogP contribution in [0.1, 0.15) is 44.7 Å². The van der Waals surface area contributed by atoms with Crippen molar-refractivity contribution >= 4 is 0 Å². The molecule has 0 saturated heterocycles. The van der Waals surface area contributed by atoms with Gasteiger partial charge >= 0.3 is 0 Å². The van der Waals surface area contributed by atoms with Crippen molar-refractivity contribution < 1.29 is 4.74 Å². The largest absolute Gasteiger partial charge is 0.493 e. The monoisotopic (exact) mass is 247 g/mol. The summed E-state index contributed by atoms with van der Waals surface area (Å²) in [5, 5.41) is 0. The lowest BCUT2D eigenvalue weighted by Gasteiger charge is -2.26. The van der Waals surface area contributed by atoms with Gasteiger partial charge in [0.1, 0.15) is 5.75 Å². The second-order valence-corrected chi connectivity index (χ2v) is 6.39. The number of rotatable bonds is 5. The van der Waals surface area contributed by atoms with Crippen molar-refractivity contribution in [2.75, 3.05) is 6.61 Å². The molecule has 1 atom stereocenters. The highest BCUT2D eigenvalue weighted by molar-refractivity contribution is 5.39. The molecule has 1 unspecified atom stereocenters. The number of hydrogen-bond acceptors (Lipinski definition) is 2. The molecule has 0 spiro atoms. The van der Waals surface area contributed by atoms with Crippen LogP contribution in [0.5, 0.6) is 5.75 Å². The summed E-state index contributed by atoms with van der Waals surface area (Å²) in [6.45, 7) is 7.56. The van der Waals surface area contributed by atoms with Gasteiger partial charge in [0.15, 0.2) is 0 Å². The quantitative estimate of drug-likeness (QED) is 0.866. The lowest BCUT2D eigenvalue weighted by Crippen LogP contribution is -2.25. The predicted octanol–water partition coefficient (Wildman–Crippen LogP) is 3.32. The van der Waals surface area contributed by atoms with Crippen LogP contribution in [0, 0.1) is 5.41 Å². The molecule has 1 aromatic rings. The molecule has 0 bridgehead atoms. The summed E-state index contributed by atoms with van der Waals surface area (Å²) in [5.41, 5.74) is 9.03. The van der Waals surface area contributed by atoms with Crippen molar-refractivity contribution in [2.45, 2.75) is 52.5 Å². The number of aryl methyl sites for hydroxylation is 1. The normalized spacial score (nSPS) is 16.2. The Morgan fingerprint density at radius 1 is 1.39 bits per heavy atom. The lowest BCUT2D eigenvalue weighted by molar-refractivity contribution is 0.287. The van der Waals surface area contributed by atoms with Crippen LogP contribution in [-0.4, -0.2) is 12.6 Å². The van der Waals surface area contributed by atoms with Crippen LogP contribution in [-0.2, 0) is 12.8 Å². The topological polar surface area (TPSA) is 35.2 Å². The summed E-state index contributed by atoms with van der Waals surface area (Å²) in [6.07, 6.45) is 4.47. The van der Waals surface area contributed by atoms with Crippen molar-refractivity contribution in [2.24, 2.45) is 11.1 Å². The Balaban J connectivity index is 1.94. The third-order valence-electron chi connectivity index (χ3n) is 3.72. The Kier molecular flexibility index (Phi) is 3.96. The number of nitrogens with two attached hydrogens (primary N) is 1. The van der Waals surface area contributed by atoms with Crippen LogP contribution in [0.4, 0.5) is 0 Å². The van der Waals surface area contributed by atoms with Crippen LogP contribution in [0.3, 0.4) is 0 Å². The van der Waals surface area contributed by atoms with Gasteiger partial charge in [0.25, 0.3) is 0 Å². The highest BCUT2D eigenvalue weighted by Crippen LogP contribution is 2.30. The van der Waals surface area contributed by atoms with Gasteiger partial charge in [-0.1, -0.05) is 26.0 Å². The Hall–Kier alpha value is -1.02. The maximum Gasteiger partial charge on any atom is 0.122 e. The van der Waals surface area contributed by atoms with Gasteiger partial charge in [-0.3, -0.25) is 0 Å². The molecule has 100 valence electrons. The SMILES string of the molecule is CC(N)CC(C)(C)CCc1ccc2c(c1)CCO2. The first-order valence-electron chi connectivity index (χ1n) is 6.96. The van der Waals surface area contributed by atoms with Crippen molar-refractivity contribution in [3.05, 3.63) is 29.3 Å². The van der Waals surface area contributed by atoms with E-state index in [0.29, 0.717) is 5.41 Å². The van der Waals surface area contributed by atoms with Crippen LogP contribution >= 0.6 is 0 Å². The van der Waals surface area contributed by atoms with Gasteiger partial charge in [-0.25, -0.2) is 0 Å². The van der Waals surface area contributed by atoms with E-state index in [4.69, 9.17) is 10.5 Å². The number of fused-ring (bicyclic) bond motifs is 1. The summed E-state index contributed by atoms with van der Waals surface area (Å²) in [7, 11) is 0. The summed E-state index contributed by atoms with van der Waals surface area (Å²) in [4.78, 5) is 0. The molecule has 2 heteroatoms. The van der Waals surface area contributed by atoms with E-state index in [0.717, 1.165) is 31.6 Å². The molecule has 1 heterocycles. The highest BCUT2D eigenvalue weighted by Gasteiger charge is 2.20.